The highest BCUT2D eigenvalue weighted by Gasteiger charge is 2.33. The van der Waals surface area contributed by atoms with Gasteiger partial charge in [-0.15, -0.1) is 0 Å². The third-order valence-corrected chi connectivity index (χ3v) is 3.41. The lowest BCUT2D eigenvalue weighted by molar-refractivity contribution is -0.143. The average Bonchev–Trinajstić information content (AvgIpc) is 2.25. The van der Waals surface area contributed by atoms with Gasteiger partial charge in [0.15, 0.2) is 0 Å². The molecule has 122 valence electrons. The van der Waals surface area contributed by atoms with Gasteiger partial charge in [-0.2, -0.15) is 0 Å². The second-order valence-corrected chi connectivity index (χ2v) is 8.21. The molecule has 0 fully saturated rings. The van der Waals surface area contributed by atoms with E-state index in [-0.39, 0.29) is 16.9 Å². The van der Waals surface area contributed by atoms with E-state index in [0.29, 0.717) is 6.54 Å². The van der Waals surface area contributed by atoms with Gasteiger partial charge < -0.3 is 4.90 Å². The largest absolute Gasteiger partial charge is 0.334 e. The Hall–Kier alpha value is -1.05. The first-order chi connectivity index (χ1) is 9.35. The highest BCUT2D eigenvalue weighted by molar-refractivity contribution is 5.82. The minimum absolute atomic E-state index is 0.152. The van der Waals surface area contributed by atoms with Gasteiger partial charge in [0.05, 0.1) is 0 Å². The molecule has 21 heavy (non-hydrogen) atoms. The van der Waals surface area contributed by atoms with Crippen molar-refractivity contribution in [3.05, 3.63) is 23.3 Å². The number of allylic oxidation sites excluding steroid dienone is 3. The first-order valence-electron chi connectivity index (χ1n) is 7.96. The summed E-state index contributed by atoms with van der Waals surface area (Å²) < 4.78 is 0. The Morgan fingerprint density at radius 2 is 1.48 bits per heavy atom. The van der Waals surface area contributed by atoms with Crippen molar-refractivity contribution in [3.8, 4) is 0 Å². The Bertz CT molecular complexity index is 398. The first kappa shape index (κ1) is 19.9. The second-order valence-electron chi connectivity index (χ2n) is 8.21. The van der Waals surface area contributed by atoms with Crippen molar-refractivity contribution in [2.24, 2.45) is 5.41 Å². The van der Waals surface area contributed by atoms with Crippen LogP contribution in [0.25, 0.3) is 0 Å². The maximum Gasteiger partial charge on any atom is 0.228 e. The fraction of sp³-hybridized carbons (Fsp3) is 0.737. The molecule has 0 atom stereocenters. The lowest BCUT2D eigenvalue weighted by Gasteiger charge is -2.39. The van der Waals surface area contributed by atoms with Crippen LogP contribution in [0.2, 0.25) is 0 Å². The summed E-state index contributed by atoms with van der Waals surface area (Å²) in [5.74, 6) is 0.211. The summed E-state index contributed by atoms with van der Waals surface area (Å²) in [5, 5.41) is 0. The smallest absolute Gasteiger partial charge is 0.228 e. The molecule has 0 N–H and O–H groups in total. The molecule has 0 aliphatic carbocycles. The molecular weight excluding hydrogens is 258 g/mol. The first-order valence-corrected chi connectivity index (χ1v) is 7.96. The highest BCUT2D eigenvalue weighted by atomic mass is 16.2. The molecule has 2 nitrogen and oxygen atoms in total. The van der Waals surface area contributed by atoms with Crippen LogP contribution in [0.4, 0.5) is 0 Å². The van der Waals surface area contributed by atoms with E-state index < -0.39 is 0 Å². The normalized spacial score (nSPS) is 13.1. The van der Waals surface area contributed by atoms with Crippen LogP contribution >= 0.6 is 0 Å². The van der Waals surface area contributed by atoms with Crippen molar-refractivity contribution in [2.75, 3.05) is 6.54 Å². The van der Waals surface area contributed by atoms with E-state index >= 15 is 0 Å². The molecule has 0 spiro atoms. The van der Waals surface area contributed by atoms with Crippen molar-refractivity contribution >= 4 is 5.91 Å². The van der Waals surface area contributed by atoms with E-state index in [1.807, 2.05) is 25.7 Å². The number of nitrogens with zero attached hydrogens (tertiary/aromatic N) is 1. The van der Waals surface area contributed by atoms with Gasteiger partial charge in [0.2, 0.25) is 5.91 Å². The molecule has 0 aliphatic heterocycles. The SMILES string of the molecule is CC(C)=CCCC(C)=CCN(C(=O)C(C)(C)C)C(C)(C)C. The molecule has 0 aromatic carbocycles. The molecule has 0 aromatic heterocycles. The van der Waals surface area contributed by atoms with Gasteiger partial charge in [-0.3, -0.25) is 4.79 Å². The lowest BCUT2D eigenvalue weighted by atomic mass is 9.91. The molecule has 0 saturated heterocycles. The number of carbonyl (C=O) groups excluding carboxylic acids is 1. The van der Waals surface area contributed by atoms with Gasteiger partial charge in [-0.1, -0.05) is 44.1 Å². The Morgan fingerprint density at radius 1 is 0.952 bits per heavy atom. The monoisotopic (exact) mass is 293 g/mol. The maximum atomic E-state index is 12.6. The topological polar surface area (TPSA) is 20.3 Å². The van der Waals surface area contributed by atoms with Crippen molar-refractivity contribution in [3.63, 3.8) is 0 Å². The Morgan fingerprint density at radius 3 is 1.86 bits per heavy atom. The molecule has 0 heterocycles. The predicted molar refractivity (Wildman–Crippen MR) is 93.3 cm³/mol. The van der Waals surface area contributed by atoms with Crippen LogP contribution in [-0.4, -0.2) is 22.9 Å². The van der Waals surface area contributed by atoms with Crippen LogP contribution in [0, 0.1) is 5.41 Å². The second kappa shape index (κ2) is 7.82. The zero-order valence-electron chi connectivity index (χ0n) is 15.6. The summed E-state index contributed by atoms with van der Waals surface area (Å²) in [5.41, 5.74) is 2.23. The van der Waals surface area contributed by atoms with E-state index in [1.165, 1.54) is 11.1 Å². The molecule has 0 aromatic rings. The van der Waals surface area contributed by atoms with Gasteiger partial charge in [0.1, 0.15) is 0 Å². The summed E-state index contributed by atoms with van der Waals surface area (Å²) in [6.45, 7) is 19.4. The summed E-state index contributed by atoms with van der Waals surface area (Å²) >= 11 is 0. The molecule has 0 bridgehead atoms. The quantitative estimate of drug-likeness (QED) is 0.625. The number of hydrogen-bond acceptors (Lipinski definition) is 1. The van der Waals surface area contributed by atoms with Crippen molar-refractivity contribution in [2.45, 2.75) is 80.7 Å². The number of rotatable bonds is 5. The van der Waals surface area contributed by atoms with Crippen molar-refractivity contribution < 1.29 is 4.79 Å². The fourth-order valence-corrected chi connectivity index (χ4v) is 2.00. The molecule has 1 amide bonds. The minimum Gasteiger partial charge on any atom is -0.334 e. The molecule has 0 saturated carbocycles. The Balaban J connectivity index is 4.86. The summed E-state index contributed by atoms with van der Waals surface area (Å²) in [4.78, 5) is 14.6. The standard InChI is InChI=1S/C19H35NO/c1-15(2)11-10-12-16(3)13-14-20(19(7,8)9)17(21)18(4,5)6/h11,13H,10,12,14H2,1-9H3. The van der Waals surface area contributed by atoms with E-state index in [0.717, 1.165) is 12.8 Å². The van der Waals surface area contributed by atoms with Gasteiger partial charge in [-0.25, -0.2) is 0 Å². The van der Waals surface area contributed by atoms with Crippen molar-refractivity contribution in [1.82, 2.24) is 4.90 Å². The molecule has 0 rings (SSSR count). The molecule has 0 unspecified atom stereocenters. The van der Waals surface area contributed by atoms with Gasteiger partial charge in [0, 0.05) is 17.5 Å². The molecule has 2 heteroatoms. The summed E-state index contributed by atoms with van der Waals surface area (Å²) in [6.07, 6.45) is 6.60. The Labute approximate surface area is 132 Å². The van der Waals surface area contributed by atoms with Crippen LogP contribution < -0.4 is 0 Å². The predicted octanol–water partition coefficient (Wildman–Crippen LogP) is 5.35. The van der Waals surface area contributed by atoms with E-state index in [4.69, 9.17) is 0 Å². The third kappa shape index (κ3) is 8.08. The number of hydrogen-bond donors (Lipinski definition) is 0. The van der Waals surface area contributed by atoms with E-state index in [9.17, 15) is 4.79 Å². The van der Waals surface area contributed by atoms with Crippen LogP contribution in [0.5, 0.6) is 0 Å². The highest BCUT2D eigenvalue weighted by Crippen LogP contribution is 2.24. The van der Waals surface area contributed by atoms with Gasteiger partial charge >= 0.3 is 0 Å². The van der Waals surface area contributed by atoms with Crippen molar-refractivity contribution in [1.29, 1.82) is 0 Å². The average molecular weight is 293 g/mol. The van der Waals surface area contributed by atoms with E-state index in [2.05, 4.69) is 53.7 Å². The van der Waals surface area contributed by atoms with Crippen LogP contribution in [0.3, 0.4) is 0 Å². The molecule has 0 aliphatic rings. The summed E-state index contributed by atoms with van der Waals surface area (Å²) in [7, 11) is 0. The zero-order valence-corrected chi connectivity index (χ0v) is 15.6. The Kier molecular flexibility index (Phi) is 7.43. The number of carbonyl (C=O) groups is 1. The maximum absolute atomic E-state index is 12.6. The van der Waals surface area contributed by atoms with Gasteiger partial charge in [0.25, 0.3) is 0 Å². The number of amides is 1. The fourth-order valence-electron chi connectivity index (χ4n) is 2.00. The zero-order chi connectivity index (χ0) is 16.8. The van der Waals surface area contributed by atoms with Crippen LogP contribution in [-0.2, 0) is 4.79 Å². The van der Waals surface area contributed by atoms with Gasteiger partial charge in [-0.05, 0) is 54.4 Å². The molecule has 0 radical (unpaired) electrons. The minimum atomic E-state index is -0.336. The summed E-state index contributed by atoms with van der Waals surface area (Å²) in [6, 6.07) is 0. The third-order valence-electron chi connectivity index (χ3n) is 3.41. The molecular formula is C19H35NO. The van der Waals surface area contributed by atoms with Crippen LogP contribution in [0.1, 0.15) is 75.2 Å². The lowest BCUT2D eigenvalue weighted by Crippen LogP contribution is -2.50. The van der Waals surface area contributed by atoms with Crippen LogP contribution in [0.15, 0.2) is 23.3 Å². The van der Waals surface area contributed by atoms with E-state index in [1.54, 1.807) is 0 Å².